The van der Waals surface area contributed by atoms with Crippen LogP contribution in [0, 0.1) is 0 Å². The third kappa shape index (κ3) is 2.46. The van der Waals surface area contributed by atoms with Crippen molar-refractivity contribution >= 4 is 11.4 Å². The molecular formula is C26H26N2O2. The van der Waals surface area contributed by atoms with E-state index in [2.05, 4.69) is 50.5 Å². The molecule has 3 aliphatic rings. The zero-order chi connectivity index (χ0) is 21.3. The minimum absolute atomic E-state index is 0.120. The van der Waals surface area contributed by atoms with Crippen LogP contribution < -0.4 is 10.6 Å². The van der Waals surface area contributed by atoms with E-state index in [4.69, 9.17) is 0 Å². The van der Waals surface area contributed by atoms with Gasteiger partial charge in [0.15, 0.2) is 0 Å². The third-order valence-corrected chi connectivity index (χ3v) is 6.68. The summed E-state index contributed by atoms with van der Waals surface area (Å²) in [4.78, 5) is 0. The molecule has 0 radical (unpaired) electrons. The third-order valence-electron chi connectivity index (χ3n) is 6.68. The molecule has 0 unspecified atom stereocenters. The zero-order valence-corrected chi connectivity index (χ0v) is 17.7. The molecular weight excluding hydrogens is 372 g/mol. The normalized spacial score (nSPS) is 23.2. The number of fused-ring (bicyclic) bond motifs is 2. The van der Waals surface area contributed by atoms with Crippen LogP contribution in [0.5, 0.6) is 0 Å². The Bertz CT molecular complexity index is 1100. The highest BCUT2D eigenvalue weighted by Gasteiger charge is 2.38. The van der Waals surface area contributed by atoms with Gasteiger partial charge in [-0.25, -0.2) is 0 Å². The monoisotopic (exact) mass is 398 g/mol. The van der Waals surface area contributed by atoms with E-state index in [1.165, 1.54) is 11.1 Å². The average Bonchev–Trinajstić information content (AvgIpc) is 3.14. The van der Waals surface area contributed by atoms with E-state index in [1.54, 1.807) is 0 Å². The molecule has 5 rings (SSSR count). The van der Waals surface area contributed by atoms with E-state index >= 15 is 0 Å². The topological polar surface area (TPSA) is 64.5 Å². The fourth-order valence-corrected chi connectivity index (χ4v) is 4.61. The van der Waals surface area contributed by atoms with Crippen molar-refractivity contribution < 1.29 is 10.2 Å². The summed E-state index contributed by atoms with van der Waals surface area (Å²) in [7, 11) is 0. The van der Waals surface area contributed by atoms with Gasteiger partial charge in [-0.2, -0.15) is 0 Å². The number of benzene rings is 2. The summed E-state index contributed by atoms with van der Waals surface area (Å²) in [5, 5.41) is 28.4. The highest BCUT2D eigenvalue weighted by Crippen LogP contribution is 2.47. The molecule has 4 heteroatoms. The SMILES string of the molecule is CC1(C)/C(=C/C2=C(O)C(/C=C3\Nc4ccccc4C3(C)C)=C2O)Nc2ccccc21. The maximum absolute atomic E-state index is 10.7. The van der Waals surface area contributed by atoms with E-state index in [0.717, 1.165) is 22.8 Å². The predicted molar refractivity (Wildman–Crippen MR) is 122 cm³/mol. The van der Waals surface area contributed by atoms with Crippen molar-refractivity contribution in [1.82, 2.24) is 0 Å². The maximum Gasteiger partial charge on any atom is 0.137 e. The Morgan fingerprint density at radius 1 is 0.633 bits per heavy atom. The molecule has 0 bridgehead atoms. The number of para-hydroxylation sites is 2. The van der Waals surface area contributed by atoms with Gasteiger partial charge >= 0.3 is 0 Å². The van der Waals surface area contributed by atoms with Gasteiger partial charge in [-0.1, -0.05) is 64.1 Å². The number of allylic oxidation sites excluding steroid dienone is 4. The van der Waals surface area contributed by atoms with Crippen molar-refractivity contribution in [3.8, 4) is 0 Å². The van der Waals surface area contributed by atoms with Crippen LogP contribution in [-0.4, -0.2) is 10.2 Å². The van der Waals surface area contributed by atoms with Crippen LogP contribution in [0.2, 0.25) is 0 Å². The van der Waals surface area contributed by atoms with E-state index < -0.39 is 0 Å². The molecule has 152 valence electrons. The fourth-order valence-electron chi connectivity index (χ4n) is 4.61. The molecule has 0 amide bonds. The summed E-state index contributed by atoms with van der Waals surface area (Å²) in [6.45, 7) is 8.55. The molecule has 0 atom stereocenters. The van der Waals surface area contributed by atoms with E-state index in [-0.39, 0.29) is 22.3 Å². The Labute approximate surface area is 177 Å². The molecule has 0 aromatic heterocycles. The van der Waals surface area contributed by atoms with Gasteiger partial charge in [0, 0.05) is 33.6 Å². The highest BCUT2D eigenvalue weighted by molar-refractivity contribution is 5.73. The lowest BCUT2D eigenvalue weighted by molar-refractivity contribution is 0.354. The van der Waals surface area contributed by atoms with Crippen LogP contribution in [0.4, 0.5) is 11.4 Å². The fraction of sp³-hybridized carbons (Fsp3) is 0.231. The lowest BCUT2D eigenvalue weighted by atomic mass is 9.80. The molecule has 0 spiro atoms. The largest absolute Gasteiger partial charge is 0.506 e. The lowest BCUT2D eigenvalue weighted by Crippen LogP contribution is -2.21. The number of nitrogens with one attached hydrogen (secondary N) is 2. The first-order valence-corrected chi connectivity index (χ1v) is 10.3. The number of rotatable bonds is 2. The Balaban J connectivity index is 1.46. The van der Waals surface area contributed by atoms with Crippen LogP contribution in [0.3, 0.4) is 0 Å². The highest BCUT2D eigenvalue weighted by atomic mass is 16.3. The number of anilines is 2. The number of aliphatic hydroxyl groups is 2. The van der Waals surface area contributed by atoms with Gasteiger partial charge in [-0.3, -0.25) is 0 Å². The van der Waals surface area contributed by atoms with Crippen molar-refractivity contribution in [2.45, 2.75) is 38.5 Å². The van der Waals surface area contributed by atoms with Crippen LogP contribution >= 0.6 is 0 Å². The molecule has 2 heterocycles. The van der Waals surface area contributed by atoms with Gasteiger partial charge in [-0.05, 0) is 35.4 Å². The van der Waals surface area contributed by atoms with Crippen molar-refractivity contribution in [1.29, 1.82) is 0 Å². The minimum Gasteiger partial charge on any atom is -0.506 e. The summed E-state index contributed by atoms with van der Waals surface area (Å²) >= 11 is 0. The first kappa shape index (κ1) is 18.6. The lowest BCUT2D eigenvalue weighted by Gasteiger charge is -2.26. The minimum atomic E-state index is -0.227. The first-order valence-electron chi connectivity index (χ1n) is 10.3. The van der Waals surface area contributed by atoms with Gasteiger partial charge < -0.3 is 20.8 Å². The van der Waals surface area contributed by atoms with Crippen LogP contribution in [0.15, 0.2) is 94.7 Å². The second kappa shape index (κ2) is 6.05. The standard InChI is InChI=1S/C26H26N2O2/c1-25(2)17-9-5-7-11-19(17)27-21(25)13-15-23(29)16(24(15)30)14-22-26(3,4)18-10-6-8-12-20(18)28-22/h5-14,27-30H,1-4H3/b21-13-,22-14-. The Hall–Kier alpha value is -3.40. The van der Waals surface area contributed by atoms with Gasteiger partial charge in [0.25, 0.3) is 0 Å². The van der Waals surface area contributed by atoms with E-state index in [0.29, 0.717) is 11.1 Å². The van der Waals surface area contributed by atoms with Gasteiger partial charge in [0.2, 0.25) is 0 Å². The quantitative estimate of drug-likeness (QED) is 0.486. The number of hydrogen-bond donors (Lipinski definition) is 4. The molecule has 2 aliphatic heterocycles. The molecule has 2 aromatic rings. The predicted octanol–water partition coefficient (Wildman–Crippen LogP) is 6.20. The van der Waals surface area contributed by atoms with Crippen molar-refractivity contribution in [3.05, 3.63) is 106 Å². The second-order valence-corrected chi connectivity index (χ2v) is 9.23. The molecule has 4 nitrogen and oxygen atoms in total. The summed E-state index contributed by atoms with van der Waals surface area (Å²) in [5.41, 5.74) is 6.93. The first-order chi connectivity index (χ1) is 14.2. The maximum atomic E-state index is 10.7. The second-order valence-electron chi connectivity index (χ2n) is 9.23. The van der Waals surface area contributed by atoms with E-state index in [1.807, 2.05) is 48.6 Å². The Morgan fingerprint density at radius 3 is 1.37 bits per heavy atom. The number of aliphatic hydroxyl groups excluding tert-OH is 2. The van der Waals surface area contributed by atoms with Crippen molar-refractivity contribution in [2.75, 3.05) is 10.6 Å². The van der Waals surface area contributed by atoms with E-state index in [9.17, 15) is 10.2 Å². The van der Waals surface area contributed by atoms with Gasteiger partial charge in [-0.15, -0.1) is 0 Å². The average molecular weight is 399 g/mol. The Morgan fingerprint density at radius 2 is 1.00 bits per heavy atom. The molecule has 2 aromatic carbocycles. The molecule has 1 aliphatic carbocycles. The molecule has 0 saturated heterocycles. The molecule has 0 saturated carbocycles. The van der Waals surface area contributed by atoms with Crippen molar-refractivity contribution in [2.24, 2.45) is 0 Å². The summed E-state index contributed by atoms with van der Waals surface area (Å²) in [6, 6.07) is 16.4. The zero-order valence-electron chi connectivity index (χ0n) is 17.7. The smallest absolute Gasteiger partial charge is 0.137 e. The van der Waals surface area contributed by atoms with Gasteiger partial charge in [0.1, 0.15) is 11.5 Å². The van der Waals surface area contributed by atoms with Crippen LogP contribution in [-0.2, 0) is 10.8 Å². The van der Waals surface area contributed by atoms with Crippen LogP contribution in [0.25, 0.3) is 0 Å². The summed E-state index contributed by atoms with van der Waals surface area (Å²) in [5.74, 6) is 0.240. The van der Waals surface area contributed by atoms with Gasteiger partial charge in [0.05, 0.1) is 11.1 Å². The Kier molecular flexibility index (Phi) is 3.75. The van der Waals surface area contributed by atoms with Crippen molar-refractivity contribution in [3.63, 3.8) is 0 Å². The molecule has 30 heavy (non-hydrogen) atoms. The van der Waals surface area contributed by atoms with Crippen LogP contribution in [0.1, 0.15) is 38.8 Å². The summed E-state index contributed by atoms with van der Waals surface area (Å²) in [6.07, 6.45) is 3.71. The molecule has 0 fully saturated rings. The molecule has 4 N–H and O–H groups in total. The summed E-state index contributed by atoms with van der Waals surface area (Å²) < 4.78 is 0. The number of hydrogen-bond acceptors (Lipinski definition) is 4.